The van der Waals surface area contributed by atoms with Crippen molar-refractivity contribution in [3.05, 3.63) is 94.5 Å². The summed E-state index contributed by atoms with van der Waals surface area (Å²) >= 11 is 13.6. The first-order valence-corrected chi connectivity index (χ1v) is 12.3. The van der Waals surface area contributed by atoms with E-state index >= 15 is 0 Å². The first-order valence-electron chi connectivity index (χ1n) is 10.7. The Hall–Kier alpha value is -2.67. The zero-order valence-corrected chi connectivity index (χ0v) is 20.9. The number of halogens is 2. The van der Waals surface area contributed by atoms with Gasteiger partial charge in [-0.3, -0.25) is 4.79 Å². The Kier molecular flexibility index (Phi) is 9.28. The molecule has 0 spiro atoms. The number of hydrogen-bond acceptors (Lipinski definition) is 4. The van der Waals surface area contributed by atoms with E-state index in [1.807, 2.05) is 48.5 Å². The molecule has 1 atom stereocenters. The number of aliphatic carboxylic acids is 1. The molecule has 178 valence electrons. The molecule has 34 heavy (non-hydrogen) atoms. The third-order valence-corrected chi connectivity index (χ3v) is 6.96. The quantitative estimate of drug-likeness (QED) is 0.334. The van der Waals surface area contributed by atoms with E-state index < -0.39 is 16.8 Å². The first-order chi connectivity index (χ1) is 16.3. The Bertz CT molecular complexity index is 1060. The van der Waals surface area contributed by atoms with Crippen molar-refractivity contribution in [3.8, 4) is 5.75 Å². The van der Waals surface area contributed by atoms with Gasteiger partial charge in [0.2, 0.25) is 5.91 Å². The number of hydrogen-bond donors (Lipinski definition) is 2. The second kappa shape index (κ2) is 12.2. The van der Waals surface area contributed by atoms with Crippen LogP contribution in [0, 0.1) is 0 Å². The minimum absolute atomic E-state index is 0.251. The van der Waals surface area contributed by atoms with Crippen molar-refractivity contribution in [2.75, 3.05) is 0 Å². The van der Waals surface area contributed by atoms with Gasteiger partial charge in [-0.2, -0.15) is 0 Å². The summed E-state index contributed by atoms with van der Waals surface area (Å²) in [5.74, 6) is -0.600. The molecule has 0 radical (unpaired) electrons. The fraction of sp³-hybridized carbons (Fsp3) is 0.231. The molecule has 0 saturated heterocycles. The molecule has 0 heterocycles. The van der Waals surface area contributed by atoms with Gasteiger partial charge in [-0.1, -0.05) is 65.7 Å². The molecular formula is C26H25Cl2NO4S. The Morgan fingerprint density at radius 2 is 1.50 bits per heavy atom. The molecule has 0 bridgehead atoms. The van der Waals surface area contributed by atoms with E-state index in [1.54, 1.807) is 37.3 Å². The summed E-state index contributed by atoms with van der Waals surface area (Å²) in [6.45, 7) is 2.00. The number of carbonyl (C=O) groups is 2. The molecule has 5 nitrogen and oxygen atoms in total. The molecule has 4 rings (SSSR count). The SMILES string of the molecule is CC(Sc1ccc(OCc2c(Cl)cccc2Cl)cc1)C(=O)NC1(C(=O)O)CC1.c1ccccc1. The topological polar surface area (TPSA) is 75.6 Å². The van der Waals surface area contributed by atoms with Gasteiger partial charge in [0.25, 0.3) is 0 Å². The summed E-state index contributed by atoms with van der Waals surface area (Å²) in [7, 11) is 0. The molecule has 3 aromatic rings. The maximum Gasteiger partial charge on any atom is 0.329 e. The second-order valence-corrected chi connectivity index (χ2v) is 9.98. The predicted octanol–water partition coefficient (Wildman–Crippen LogP) is 6.47. The van der Waals surface area contributed by atoms with Crippen molar-refractivity contribution in [2.24, 2.45) is 0 Å². The van der Waals surface area contributed by atoms with Gasteiger partial charge >= 0.3 is 5.97 Å². The van der Waals surface area contributed by atoms with Gasteiger partial charge in [0.05, 0.1) is 5.25 Å². The van der Waals surface area contributed by atoms with Gasteiger partial charge in [0, 0.05) is 20.5 Å². The van der Waals surface area contributed by atoms with Crippen LogP contribution in [0.5, 0.6) is 5.75 Å². The lowest BCUT2D eigenvalue weighted by Crippen LogP contribution is -2.46. The lowest BCUT2D eigenvalue weighted by Gasteiger charge is -2.16. The number of rotatable bonds is 8. The van der Waals surface area contributed by atoms with Crippen LogP contribution in [-0.4, -0.2) is 27.8 Å². The molecule has 0 aromatic heterocycles. The van der Waals surface area contributed by atoms with Crippen molar-refractivity contribution in [1.82, 2.24) is 5.32 Å². The van der Waals surface area contributed by atoms with Crippen LogP contribution in [0.3, 0.4) is 0 Å². The Morgan fingerprint density at radius 1 is 0.971 bits per heavy atom. The van der Waals surface area contributed by atoms with E-state index in [0.717, 1.165) is 10.5 Å². The monoisotopic (exact) mass is 517 g/mol. The molecular weight excluding hydrogens is 493 g/mol. The highest BCUT2D eigenvalue weighted by atomic mass is 35.5. The minimum atomic E-state index is -1.07. The lowest BCUT2D eigenvalue weighted by atomic mass is 10.2. The summed E-state index contributed by atoms with van der Waals surface area (Å²) in [6.07, 6.45) is 0.958. The Balaban J connectivity index is 0.000000469. The summed E-state index contributed by atoms with van der Waals surface area (Å²) in [4.78, 5) is 24.3. The van der Waals surface area contributed by atoms with Gasteiger partial charge in [-0.05, 0) is 56.2 Å². The second-order valence-electron chi connectivity index (χ2n) is 7.75. The fourth-order valence-corrected chi connectivity index (χ4v) is 4.31. The number of ether oxygens (including phenoxy) is 1. The predicted molar refractivity (Wildman–Crippen MR) is 137 cm³/mol. The zero-order chi connectivity index (χ0) is 24.6. The highest BCUT2D eigenvalue weighted by Gasteiger charge is 2.52. The minimum Gasteiger partial charge on any atom is -0.489 e. The van der Waals surface area contributed by atoms with E-state index in [1.165, 1.54) is 11.8 Å². The van der Waals surface area contributed by atoms with Crippen molar-refractivity contribution in [1.29, 1.82) is 0 Å². The number of carboxylic acids is 1. The molecule has 1 aliphatic carbocycles. The van der Waals surface area contributed by atoms with Crippen LogP contribution >= 0.6 is 35.0 Å². The van der Waals surface area contributed by atoms with Crippen LogP contribution in [0.1, 0.15) is 25.3 Å². The average Bonchev–Trinajstić information content (AvgIpc) is 3.62. The van der Waals surface area contributed by atoms with Crippen LogP contribution in [0.15, 0.2) is 83.8 Å². The summed E-state index contributed by atoms with van der Waals surface area (Å²) in [5, 5.41) is 12.5. The first kappa shape index (κ1) is 25.9. The molecule has 1 aliphatic rings. The van der Waals surface area contributed by atoms with E-state index in [4.69, 9.17) is 33.0 Å². The van der Waals surface area contributed by atoms with Gasteiger partial charge in [0.15, 0.2) is 0 Å². The maximum atomic E-state index is 12.3. The van der Waals surface area contributed by atoms with Crippen LogP contribution in [0.25, 0.3) is 0 Å². The molecule has 1 saturated carbocycles. The summed E-state index contributed by atoms with van der Waals surface area (Å²) < 4.78 is 5.74. The van der Waals surface area contributed by atoms with Crippen LogP contribution in [-0.2, 0) is 16.2 Å². The highest BCUT2D eigenvalue weighted by Crippen LogP contribution is 2.36. The number of carboxylic acid groups (broad SMARTS) is 1. The van der Waals surface area contributed by atoms with Crippen molar-refractivity contribution in [3.63, 3.8) is 0 Å². The summed E-state index contributed by atoms with van der Waals surface area (Å²) in [5.41, 5.74) is -0.342. The Morgan fingerprint density at radius 3 is 1.97 bits per heavy atom. The maximum absolute atomic E-state index is 12.3. The Labute approximate surface area is 213 Å². The van der Waals surface area contributed by atoms with Gasteiger partial charge < -0.3 is 15.2 Å². The van der Waals surface area contributed by atoms with Crippen molar-refractivity contribution >= 4 is 46.8 Å². The van der Waals surface area contributed by atoms with Gasteiger partial charge in [-0.15, -0.1) is 11.8 Å². The molecule has 3 aromatic carbocycles. The third kappa shape index (κ3) is 7.42. The van der Waals surface area contributed by atoms with Crippen molar-refractivity contribution in [2.45, 2.75) is 42.1 Å². The van der Waals surface area contributed by atoms with E-state index in [2.05, 4.69) is 5.32 Å². The van der Waals surface area contributed by atoms with Crippen molar-refractivity contribution < 1.29 is 19.4 Å². The smallest absolute Gasteiger partial charge is 0.329 e. The molecule has 8 heteroatoms. The fourth-order valence-electron chi connectivity index (χ4n) is 2.94. The third-order valence-electron chi connectivity index (χ3n) is 5.14. The van der Waals surface area contributed by atoms with Gasteiger partial charge in [-0.25, -0.2) is 4.79 Å². The van der Waals surface area contributed by atoms with E-state index in [-0.39, 0.29) is 12.5 Å². The largest absolute Gasteiger partial charge is 0.489 e. The molecule has 2 N–H and O–H groups in total. The zero-order valence-electron chi connectivity index (χ0n) is 18.5. The van der Waals surface area contributed by atoms with E-state index in [9.17, 15) is 9.59 Å². The number of carbonyl (C=O) groups excluding carboxylic acids is 1. The highest BCUT2D eigenvalue weighted by molar-refractivity contribution is 8.00. The number of thioether (sulfide) groups is 1. The molecule has 1 amide bonds. The lowest BCUT2D eigenvalue weighted by molar-refractivity contribution is -0.143. The van der Waals surface area contributed by atoms with Gasteiger partial charge in [0.1, 0.15) is 17.9 Å². The molecule has 1 unspecified atom stereocenters. The number of nitrogens with one attached hydrogen (secondary N) is 1. The normalized spacial score (nSPS) is 14.2. The van der Waals surface area contributed by atoms with Crippen LogP contribution < -0.4 is 10.1 Å². The number of benzene rings is 3. The summed E-state index contributed by atoms with van der Waals surface area (Å²) in [6, 6.07) is 24.6. The van der Waals surface area contributed by atoms with Crippen LogP contribution in [0.2, 0.25) is 10.0 Å². The standard InChI is InChI=1S/C20H19Cl2NO4S.C6H6/c1-12(18(24)23-20(9-10-20)19(25)26)28-14-7-5-13(6-8-14)27-11-15-16(21)3-2-4-17(15)22;1-2-4-6-5-3-1/h2-8,12H,9-11H2,1H3,(H,23,24)(H,25,26);1-6H. The molecule has 1 fully saturated rings. The molecule has 0 aliphatic heterocycles. The average molecular weight is 518 g/mol. The number of amides is 1. The van der Waals surface area contributed by atoms with Crippen LogP contribution in [0.4, 0.5) is 0 Å². The van der Waals surface area contributed by atoms with E-state index in [0.29, 0.717) is 28.6 Å².